The summed E-state index contributed by atoms with van der Waals surface area (Å²) in [7, 11) is 0. The van der Waals surface area contributed by atoms with Gasteiger partial charge in [0.05, 0.1) is 37.6 Å². The average molecular weight is 727 g/mol. The fourth-order valence-electron chi connectivity index (χ4n) is 14.7. The molecule has 2 spiro atoms. The summed E-state index contributed by atoms with van der Waals surface area (Å²) in [4.78, 5) is 40.4. The van der Waals surface area contributed by atoms with Crippen LogP contribution in [0.15, 0.2) is 0 Å². The molecule has 8 unspecified atom stereocenters. The second-order valence-corrected chi connectivity index (χ2v) is 20.1. The summed E-state index contributed by atoms with van der Waals surface area (Å²) < 4.78 is 19.9. The standard InChI is InChI=1S/C42H66N2O8/c1-24-20-28(13-17-44(26(3)45)25(2)37(48)49)51-35-34(24)39(6)15-16-42-23-41(42)14-12-31(38(4,5)29(41)10-11-30(42)40(39,7)36(35)47)52-33-22-43(18-19-50-33)32(46)21-27-8-9-27/h24-25,27-31,33-36,47H,8-23H2,1-7H3,(H,48,49)/t24-,25-,28?,29+,30?,31?,33?,34+,35?,36+,39?,40-,41?,42?/m1/s1. The maximum Gasteiger partial charge on any atom is 0.326 e. The minimum Gasteiger partial charge on any atom is -0.480 e. The summed E-state index contributed by atoms with van der Waals surface area (Å²) >= 11 is 0. The number of aliphatic hydroxyl groups is 1. The van der Waals surface area contributed by atoms with Crippen LogP contribution in [-0.2, 0) is 28.6 Å². The Balaban J connectivity index is 0.968. The van der Waals surface area contributed by atoms with Crippen molar-refractivity contribution in [1.29, 1.82) is 0 Å². The van der Waals surface area contributed by atoms with Gasteiger partial charge in [0.1, 0.15) is 6.04 Å². The summed E-state index contributed by atoms with van der Waals surface area (Å²) in [5, 5.41) is 22.2. The van der Waals surface area contributed by atoms with Crippen molar-refractivity contribution in [2.24, 2.45) is 56.7 Å². The molecule has 0 aromatic rings. The Hall–Kier alpha value is -1.75. The maximum atomic E-state index is 12.9. The number of morpholine rings is 1. The lowest BCUT2D eigenvalue weighted by molar-refractivity contribution is -0.248. The van der Waals surface area contributed by atoms with Crippen LogP contribution in [0.4, 0.5) is 0 Å². The molecule has 0 aromatic carbocycles. The first-order valence-corrected chi connectivity index (χ1v) is 20.9. The topological polar surface area (TPSA) is 126 Å². The van der Waals surface area contributed by atoms with Crippen LogP contribution in [-0.4, -0.2) is 101 Å². The van der Waals surface area contributed by atoms with E-state index in [1.165, 1.54) is 37.5 Å². The Bertz CT molecular complexity index is 1450. The van der Waals surface area contributed by atoms with Gasteiger partial charge in [-0.1, -0.05) is 34.6 Å². The van der Waals surface area contributed by atoms with Crippen molar-refractivity contribution in [2.45, 2.75) is 162 Å². The number of carbonyl (C=O) groups is 3. The summed E-state index contributed by atoms with van der Waals surface area (Å²) in [6.45, 7) is 17.2. The summed E-state index contributed by atoms with van der Waals surface area (Å²) in [6.07, 6.45) is 11.3. The molecule has 10 heteroatoms. The zero-order chi connectivity index (χ0) is 37.2. The molecular weight excluding hydrogens is 660 g/mol. The monoisotopic (exact) mass is 726 g/mol. The molecule has 0 bridgehead atoms. The minimum atomic E-state index is -1.00. The van der Waals surface area contributed by atoms with Gasteiger partial charge in [-0.3, -0.25) is 9.59 Å². The van der Waals surface area contributed by atoms with E-state index < -0.39 is 18.1 Å². The number of fused-ring (bicyclic) bond motifs is 4. The van der Waals surface area contributed by atoms with Crippen molar-refractivity contribution in [3.8, 4) is 0 Å². The summed E-state index contributed by atoms with van der Waals surface area (Å²) in [5.74, 6) is 1.21. The van der Waals surface area contributed by atoms with Gasteiger partial charge in [0.2, 0.25) is 11.8 Å². The summed E-state index contributed by atoms with van der Waals surface area (Å²) in [6, 6.07) is -0.883. The highest BCUT2D eigenvalue weighted by atomic mass is 16.7. The molecule has 292 valence electrons. The van der Waals surface area contributed by atoms with E-state index in [0.29, 0.717) is 62.8 Å². The number of carboxylic acids is 1. The van der Waals surface area contributed by atoms with Crippen molar-refractivity contribution in [3.05, 3.63) is 0 Å². The molecule has 8 rings (SSSR count). The Labute approximate surface area is 311 Å². The highest BCUT2D eigenvalue weighted by molar-refractivity contribution is 5.81. The lowest BCUT2D eigenvalue weighted by Crippen LogP contribution is -2.60. The van der Waals surface area contributed by atoms with Crippen LogP contribution in [0.5, 0.6) is 0 Å². The van der Waals surface area contributed by atoms with Gasteiger partial charge in [-0.25, -0.2) is 4.79 Å². The number of rotatable bonds is 9. The number of aliphatic hydroxyl groups excluding tert-OH is 1. The molecule has 8 aliphatic rings. The molecule has 2 N–H and O–H groups in total. The van der Waals surface area contributed by atoms with E-state index in [4.69, 9.17) is 14.2 Å². The van der Waals surface area contributed by atoms with Crippen LogP contribution in [0.25, 0.3) is 0 Å². The molecular formula is C42H66N2O8. The maximum absolute atomic E-state index is 12.9. The third-order valence-electron chi connectivity index (χ3n) is 17.6. The second kappa shape index (κ2) is 12.6. The van der Waals surface area contributed by atoms with E-state index in [1.807, 2.05) is 4.90 Å². The van der Waals surface area contributed by atoms with E-state index in [-0.39, 0.29) is 69.4 Å². The van der Waals surface area contributed by atoms with E-state index >= 15 is 0 Å². The van der Waals surface area contributed by atoms with E-state index in [2.05, 4.69) is 34.6 Å². The van der Waals surface area contributed by atoms with Gasteiger partial charge < -0.3 is 34.2 Å². The highest BCUT2D eigenvalue weighted by Crippen LogP contribution is 2.89. The number of hydrogen-bond acceptors (Lipinski definition) is 7. The van der Waals surface area contributed by atoms with Gasteiger partial charge in [-0.15, -0.1) is 0 Å². The zero-order valence-corrected chi connectivity index (χ0v) is 32.9. The molecule has 6 saturated carbocycles. The quantitative estimate of drug-likeness (QED) is 0.302. The number of nitrogens with zero attached hydrogens (tertiary/aromatic N) is 2. The van der Waals surface area contributed by atoms with Crippen LogP contribution in [0, 0.1) is 56.7 Å². The molecule has 2 amide bonds. The first kappa shape index (κ1) is 37.2. The normalized spacial score (nSPS) is 47.9. The van der Waals surface area contributed by atoms with Gasteiger partial charge in [-0.2, -0.15) is 0 Å². The molecule has 52 heavy (non-hydrogen) atoms. The largest absolute Gasteiger partial charge is 0.480 e. The predicted octanol–water partition coefficient (Wildman–Crippen LogP) is 5.88. The van der Waals surface area contributed by atoms with Crippen molar-refractivity contribution in [3.63, 3.8) is 0 Å². The molecule has 10 nitrogen and oxygen atoms in total. The van der Waals surface area contributed by atoms with Crippen molar-refractivity contribution in [1.82, 2.24) is 9.80 Å². The molecule has 2 saturated heterocycles. The van der Waals surface area contributed by atoms with Gasteiger partial charge in [0.25, 0.3) is 0 Å². The number of ether oxygens (including phenoxy) is 3. The van der Waals surface area contributed by atoms with E-state index in [1.54, 1.807) is 6.92 Å². The molecule has 0 aromatic heterocycles. The number of hydrogen-bond donors (Lipinski definition) is 2. The Kier molecular flexibility index (Phi) is 9.04. The lowest BCUT2D eigenvalue weighted by Gasteiger charge is -2.64. The smallest absolute Gasteiger partial charge is 0.326 e. The molecule has 2 aliphatic heterocycles. The van der Waals surface area contributed by atoms with Crippen molar-refractivity contribution in [2.75, 3.05) is 26.2 Å². The van der Waals surface area contributed by atoms with Crippen LogP contribution in [0.1, 0.15) is 126 Å². The first-order chi connectivity index (χ1) is 24.5. The molecule has 14 atom stereocenters. The number of carbonyl (C=O) groups excluding carboxylic acids is 2. The van der Waals surface area contributed by atoms with Crippen LogP contribution in [0.3, 0.4) is 0 Å². The third-order valence-corrected chi connectivity index (χ3v) is 17.6. The highest BCUT2D eigenvalue weighted by Gasteiger charge is 2.84. The number of carboxylic acid groups (broad SMARTS) is 1. The Morgan fingerprint density at radius 2 is 1.71 bits per heavy atom. The SMILES string of the molecule is CC(=O)N(CCC1C[C@@H](C)[C@H]2C(O1)[C@H](O)[C@@]1(C)C3CC[C@H]4C(C)(C)C(OC5CN(C(=O)CC6CC6)CCO5)CCC45CC35CCC21C)[C@H](C)C(=O)O. The summed E-state index contributed by atoms with van der Waals surface area (Å²) in [5.41, 5.74) is 0.214. The van der Waals surface area contributed by atoms with Gasteiger partial charge in [0.15, 0.2) is 6.29 Å². The van der Waals surface area contributed by atoms with Crippen LogP contribution < -0.4 is 0 Å². The predicted molar refractivity (Wildman–Crippen MR) is 194 cm³/mol. The number of amides is 2. The van der Waals surface area contributed by atoms with Crippen molar-refractivity contribution >= 4 is 17.8 Å². The molecule has 2 heterocycles. The average Bonchev–Trinajstić information content (AvgIpc) is 4.01. The first-order valence-electron chi connectivity index (χ1n) is 20.9. The minimum absolute atomic E-state index is 0.0168. The molecule has 6 aliphatic carbocycles. The van der Waals surface area contributed by atoms with Crippen LogP contribution in [0.2, 0.25) is 0 Å². The number of aliphatic carboxylic acids is 1. The second-order valence-electron chi connectivity index (χ2n) is 20.1. The third kappa shape index (κ3) is 5.32. The Morgan fingerprint density at radius 3 is 2.40 bits per heavy atom. The van der Waals surface area contributed by atoms with Gasteiger partial charge in [-0.05, 0) is 129 Å². The van der Waals surface area contributed by atoms with Gasteiger partial charge in [0, 0.05) is 31.8 Å². The van der Waals surface area contributed by atoms with Crippen LogP contribution >= 0.6 is 0 Å². The molecule has 0 radical (unpaired) electrons. The van der Waals surface area contributed by atoms with E-state index in [9.17, 15) is 24.6 Å². The van der Waals surface area contributed by atoms with Gasteiger partial charge >= 0.3 is 5.97 Å². The zero-order valence-electron chi connectivity index (χ0n) is 32.9. The fraction of sp³-hybridized carbons (Fsp3) is 0.929. The fourth-order valence-corrected chi connectivity index (χ4v) is 14.7. The van der Waals surface area contributed by atoms with Crippen molar-refractivity contribution < 1.29 is 38.8 Å². The Morgan fingerprint density at radius 1 is 1.00 bits per heavy atom. The molecule has 8 fully saturated rings. The lowest BCUT2D eigenvalue weighted by atomic mass is 9.41. The van der Waals surface area contributed by atoms with E-state index in [0.717, 1.165) is 38.5 Å².